The summed E-state index contributed by atoms with van der Waals surface area (Å²) in [7, 11) is 0. The van der Waals surface area contributed by atoms with Gasteiger partial charge in [0.2, 0.25) is 0 Å². The first kappa shape index (κ1) is 14.8. The molecular formula is C12H7BrCl2FNOS. The van der Waals surface area contributed by atoms with Crippen LogP contribution in [0, 0.1) is 12.7 Å². The summed E-state index contributed by atoms with van der Waals surface area (Å²) in [5.41, 5.74) is 1.33. The molecule has 0 unspecified atom stereocenters. The molecule has 0 aliphatic heterocycles. The maximum Gasteiger partial charge on any atom is 0.265 e. The molecule has 2 nitrogen and oxygen atoms in total. The van der Waals surface area contributed by atoms with Crippen molar-refractivity contribution in [2.75, 3.05) is 5.32 Å². The minimum absolute atomic E-state index is 0.133. The summed E-state index contributed by atoms with van der Waals surface area (Å²) in [6.07, 6.45) is 0. The van der Waals surface area contributed by atoms with E-state index in [9.17, 15) is 9.18 Å². The van der Waals surface area contributed by atoms with Gasteiger partial charge in [-0.15, -0.1) is 11.3 Å². The average molecular weight is 383 g/mol. The second-order valence-corrected chi connectivity index (χ2v) is 6.96. The predicted molar refractivity (Wildman–Crippen MR) is 81.1 cm³/mol. The minimum Gasteiger partial charge on any atom is -0.321 e. The summed E-state index contributed by atoms with van der Waals surface area (Å²) in [5.74, 6) is -0.992. The van der Waals surface area contributed by atoms with Gasteiger partial charge in [-0.3, -0.25) is 4.79 Å². The van der Waals surface area contributed by atoms with Gasteiger partial charge in [0.05, 0.1) is 18.7 Å². The van der Waals surface area contributed by atoms with Crippen molar-refractivity contribution in [2.24, 2.45) is 0 Å². The van der Waals surface area contributed by atoms with E-state index in [1.165, 1.54) is 23.5 Å². The van der Waals surface area contributed by atoms with Gasteiger partial charge in [0.15, 0.2) is 5.82 Å². The van der Waals surface area contributed by atoms with Gasteiger partial charge in [0.1, 0.15) is 0 Å². The number of anilines is 1. The van der Waals surface area contributed by atoms with Crippen LogP contribution in [0.25, 0.3) is 0 Å². The van der Waals surface area contributed by atoms with Crippen molar-refractivity contribution in [3.63, 3.8) is 0 Å². The maximum atomic E-state index is 13.2. The molecule has 1 aromatic carbocycles. The van der Waals surface area contributed by atoms with Gasteiger partial charge in [-0.25, -0.2) is 4.39 Å². The average Bonchev–Trinajstić information content (AvgIpc) is 2.66. The van der Waals surface area contributed by atoms with Crippen LogP contribution >= 0.6 is 50.5 Å². The molecule has 0 aliphatic carbocycles. The number of nitrogens with one attached hydrogen (secondary N) is 1. The summed E-state index contributed by atoms with van der Waals surface area (Å²) >= 11 is 16.0. The summed E-state index contributed by atoms with van der Waals surface area (Å²) in [6, 6.07) is 4.39. The molecule has 0 atom stereocenters. The number of carbonyl (C=O) groups excluding carboxylic acids is 1. The number of halogens is 4. The number of benzene rings is 1. The summed E-state index contributed by atoms with van der Waals surface area (Å²) in [6.45, 7) is 1.89. The minimum atomic E-state index is -0.698. The first-order valence-electron chi connectivity index (χ1n) is 5.10. The van der Waals surface area contributed by atoms with E-state index in [2.05, 4.69) is 21.2 Å². The molecule has 100 valence electrons. The van der Waals surface area contributed by atoms with Crippen molar-refractivity contribution in [1.82, 2.24) is 0 Å². The smallest absolute Gasteiger partial charge is 0.265 e. The van der Waals surface area contributed by atoms with Crippen LogP contribution in [0.2, 0.25) is 10.0 Å². The van der Waals surface area contributed by atoms with E-state index in [0.717, 1.165) is 9.35 Å². The van der Waals surface area contributed by atoms with Crippen molar-refractivity contribution in [3.8, 4) is 0 Å². The molecule has 1 heterocycles. The highest BCUT2D eigenvalue weighted by molar-refractivity contribution is 9.11. The van der Waals surface area contributed by atoms with E-state index in [4.69, 9.17) is 23.2 Å². The number of amides is 1. The molecule has 1 aromatic heterocycles. The van der Waals surface area contributed by atoms with Crippen LogP contribution in [0.1, 0.15) is 15.2 Å². The molecule has 0 bridgehead atoms. The number of hydrogen-bond acceptors (Lipinski definition) is 2. The Balaban J connectivity index is 2.24. The summed E-state index contributed by atoms with van der Waals surface area (Å²) < 4.78 is 14.1. The third-order valence-corrected chi connectivity index (χ3v) is 5.01. The molecule has 0 saturated carbocycles. The van der Waals surface area contributed by atoms with Crippen molar-refractivity contribution in [2.45, 2.75) is 6.92 Å². The fourth-order valence-corrected chi connectivity index (χ4v) is 3.31. The SMILES string of the molecule is Cc1cc(C(=O)Nc2cc(Cl)c(F)c(Cl)c2)sc1Br. The van der Waals surface area contributed by atoms with Crippen LogP contribution in [0.5, 0.6) is 0 Å². The van der Waals surface area contributed by atoms with Gasteiger partial charge in [-0.2, -0.15) is 0 Å². The Bertz CT molecular complexity index is 617. The van der Waals surface area contributed by atoms with Gasteiger partial charge in [-0.1, -0.05) is 23.2 Å². The Morgan fingerprint density at radius 3 is 2.37 bits per heavy atom. The second-order valence-electron chi connectivity index (χ2n) is 3.78. The molecule has 0 saturated heterocycles. The lowest BCUT2D eigenvalue weighted by Crippen LogP contribution is -2.10. The number of hydrogen-bond donors (Lipinski definition) is 1. The van der Waals surface area contributed by atoms with E-state index in [1.807, 2.05) is 6.92 Å². The molecule has 0 fully saturated rings. The molecule has 1 N–H and O–H groups in total. The van der Waals surface area contributed by atoms with Crippen LogP contribution in [-0.2, 0) is 0 Å². The van der Waals surface area contributed by atoms with E-state index < -0.39 is 5.82 Å². The van der Waals surface area contributed by atoms with E-state index in [1.54, 1.807) is 6.07 Å². The van der Waals surface area contributed by atoms with E-state index in [-0.39, 0.29) is 16.0 Å². The van der Waals surface area contributed by atoms with Crippen molar-refractivity contribution < 1.29 is 9.18 Å². The molecule has 0 radical (unpaired) electrons. The Morgan fingerprint density at radius 1 is 1.32 bits per heavy atom. The third-order valence-electron chi connectivity index (χ3n) is 2.32. The van der Waals surface area contributed by atoms with Gasteiger partial charge in [0.25, 0.3) is 5.91 Å². The van der Waals surface area contributed by atoms with E-state index in [0.29, 0.717) is 10.6 Å². The molecular weight excluding hydrogens is 376 g/mol. The highest BCUT2D eigenvalue weighted by Gasteiger charge is 2.13. The zero-order valence-corrected chi connectivity index (χ0v) is 13.5. The summed E-state index contributed by atoms with van der Waals surface area (Å²) in [4.78, 5) is 12.5. The largest absolute Gasteiger partial charge is 0.321 e. The monoisotopic (exact) mass is 381 g/mol. The quantitative estimate of drug-likeness (QED) is 0.681. The Labute approximate surface area is 131 Å². The fraction of sp³-hybridized carbons (Fsp3) is 0.0833. The zero-order valence-electron chi connectivity index (χ0n) is 9.56. The van der Waals surface area contributed by atoms with Crippen LogP contribution < -0.4 is 5.32 Å². The number of thiophene rings is 1. The Kier molecular flexibility index (Phi) is 4.50. The van der Waals surface area contributed by atoms with Crippen LogP contribution in [0.4, 0.5) is 10.1 Å². The Hall–Kier alpha value is -0.620. The molecule has 19 heavy (non-hydrogen) atoms. The first-order valence-corrected chi connectivity index (χ1v) is 7.47. The van der Waals surface area contributed by atoms with Crippen molar-refractivity contribution in [1.29, 1.82) is 0 Å². The lowest BCUT2D eigenvalue weighted by Gasteiger charge is -2.06. The normalized spacial score (nSPS) is 10.6. The van der Waals surface area contributed by atoms with Crippen LogP contribution in [-0.4, -0.2) is 5.91 Å². The zero-order chi connectivity index (χ0) is 14.2. The lowest BCUT2D eigenvalue weighted by molar-refractivity contribution is 0.103. The standard InChI is InChI=1S/C12H7BrCl2FNOS/c1-5-2-9(19-11(5)13)12(18)17-6-3-7(14)10(16)8(15)4-6/h2-4H,1H3,(H,17,18). The van der Waals surface area contributed by atoms with Crippen molar-refractivity contribution >= 4 is 62.1 Å². The van der Waals surface area contributed by atoms with E-state index >= 15 is 0 Å². The number of aryl methyl sites for hydroxylation is 1. The maximum absolute atomic E-state index is 13.2. The van der Waals surface area contributed by atoms with Gasteiger partial charge in [-0.05, 0) is 46.6 Å². The second kappa shape index (κ2) is 5.79. The predicted octanol–water partition coefficient (Wildman–Crippen LogP) is 5.52. The number of rotatable bonds is 2. The molecule has 0 aliphatic rings. The molecule has 7 heteroatoms. The topological polar surface area (TPSA) is 29.1 Å². The number of carbonyl (C=O) groups is 1. The fourth-order valence-electron chi connectivity index (χ4n) is 1.39. The van der Waals surface area contributed by atoms with Gasteiger partial charge < -0.3 is 5.32 Å². The summed E-state index contributed by atoms with van der Waals surface area (Å²) in [5, 5.41) is 2.36. The highest BCUT2D eigenvalue weighted by atomic mass is 79.9. The first-order chi connectivity index (χ1) is 8.88. The van der Waals surface area contributed by atoms with Gasteiger partial charge >= 0.3 is 0 Å². The van der Waals surface area contributed by atoms with Crippen LogP contribution in [0.15, 0.2) is 22.0 Å². The highest BCUT2D eigenvalue weighted by Crippen LogP contribution is 2.30. The Morgan fingerprint density at radius 2 is 1.89 bits per heavy atom. The van der Waals surface area contributed by atoms with Crippen LogP contribution in [0.3, 0.4) is 0 Å². The van der Waals surface area contributed by atoms with Gasteiger partial charge in [0, 0.05) is 5.69 Å². The molecule has 1 amide bonds. The van der Waals surface area contributed by atoms with Crippen molar-refractivity contribution in [3.05, 3.63) is 48.3 Å². The molecule has 0 spiro atoms. The molecule has 2 rings (SSSR count). The molecule has 2 aromatic rings. The lowest BCUT2D eigenvalue weighted by atomic mass is 10.3. The third kappa shape index (κ3) is 3.28.